The van der Waals surface area contributed by atoms with Crippen LogP contribution >= 0.6 is 22.7 Å². The summed E-state index contributed by atoms with van der Waals surface area (Å²) in [5.41, 5.74) is 1.70. The van der Waals surface area contributed by atoms with Gasteiger partial charge in [0.2, 0.25) is 0 Å². The summed E-state index contributed by atoms with van der Waals surface area (Å²) in [5.74, 6) is 0.116. The first-order chi connectivity index (χ1) is 14.8. The van der Waals surface area contributed by atoms with Crippen LogP contribution in [0.5, 0.6) is 0 Å². The third kappa shape index (κ3) is 4.05. The molecule has 0 spiro atoms. The van der Waals surface area contributed by atoms with Crippen molar-refractivity contribution in [1.82, 2.24) is 24.2 Å². The molecule has 0 unspecified atom stereocenters. The molecule has 2 aliphatic heterocycles. The number of nitrogens with zero attached hydrogens (tertiary/aromatic N) is 5. The van der Waals surface area contributed by atoms with E-state index in [0.29, 0.717) is 11.7 Å². The number of imidazole rings is 1. The maximum atomic E-state index is 13.5. The van der Waals surface area contributed by atoms with Crippen LogP contribution in [0.25, 0.3) is 4.96 Å². The van der Waals surface area contributed by atoms with Crippen molar-refractivity contribution in [3.63, 3.8) is 0 Å². The van der Waals surface area contributed by atoms with E-state index in [1.54, 1.807) is 22.7 Å². The molecular weight excluding hydrogens is 414 g/mol. The molecule has 160 valence electrons. The summed E-state index contributed by atoms with van der Waals surface area (Å²) in [6.07, 6.45) is 13.5. The maximum absolute atomic E-state index is 13.5. The van der Waals surface area contributed by atoms with Gasteiger partial charge >= 0.3 is 0 Å². The van der Waals surface area contributed by atoms with E-state index in [-0.39, 0.29) is 5.91 Å². The average molecular weight is 444 g/mol. The Morgan fingerprint density at radius 3 is 2.60 bits per heavy atom. The molecule has 0 aliphatic carbocycles. The van der Waals surface area contributed by atoms with Crippen molar-refractivity contribution >= 4 is 33.5 Å². The first kappa shape index (κ1) is 20.2. The maximum Gasteiger partial charge on any atom is 0.274 e. The number of hydrogen-bond acceptors (Lipinski definition) is 6. The lowest BCUT2D eigenvalue weighted by atomic mass is 10.0. The number of fused-ring (bicyclic) bond motifs is 1. The van der Waals surface area contributed by atoms with Gasteiger partial charge in [-0.15, -0.1) is 22.7 Å². The Morgan fingerprint density at radius 2 is 1.80 bits per heavy atom. The van der Waals surface area contributed by atoms with E-state index in [0.717, 1.165) is 56.1 Å². The van der Waals surface area contributed by atoms with Gasteiger partial charge in [0.25, 0.3) is 5.91 Å². The van der Waals surface area contributed by atoms with Crippen LogP contribution in [0.15, 0.2) is 23.2 Å². The van der Waals surface area contributed by atoms with Crippen LogP contribution in [0.3, 0.4) is 0 Å². The molecule has 2 saturated heterocycles. The molecule has 8 heteroatoms. The number of carbonyl (C=O) groups excluding carboxylic acids is 1. The molecule has 0 saturated carbocycles. The molecule has 30 heavy (non-hydrogen) atoms. The number of piperidine rings is 1. The smallest absolute Gasteiger partial charge is 0.274 e. The fourth-order valence-electron chi connectivity index (χ4n) is 4.81. The van der Waals surface area contributed by atoms with Crippen molar-refractivity contribution in [3.05, 3.63) is 39.5 Å². The molecule has 0 aromatic carbocycles. The van der Waals surface area contributed by atoms with Gasteiger partial charge in [-0.1, -0.05) is 25.7 Å². The van der Waals surface area contributed by atoms with E-state index in [9.17, 15) is 4.79 Å². The molecular formula is C22H29N5OS2. The van der Waals surface area contributed by atoms with Crippen LogP contribution in [0.1, 0.15) is 78.6 Å². The topological polar surface area (TPSA) is 53.7 Å². The molecule has 0 radical (unpaired) electrons. The Morgan fingerprint density at radius 1 is 1.00 bits per heavy atom. The zero-order valence-electron chi connectivity index (χ0n) is 17.3. The molecule has 6 nitrogen and oxygen atoms in total. The van der Waals surface area contributed by atoms with E-state index in [2.05, 4.69) is 31.2 Å². The van der Waals surface area contributed by atoms with Crippen molar-refractivity contribution in [2.75, 3.05) is 19.6 Å². The highest BCUT2D eigenvalue weighted by Crippen LogP contribution is 2.34. The van der Waals surface area contributed by atoms with Crippen LogP contribution in [-0.2, 0) is 6.54 Å². The molecule has 3 aromatic heterocycles. The van der Waals surface area contributed by atoms with Gasteiger partial charge in [0.05, 0.1) is 11.7 Å². The van der Waals surface area contributed by atoms with Crippen LogP contribution in [0.4, 0.5) is 0 Å². The average Bonchev–Trinajstić information content (AvgIpc) is 3.47. The Labute approximate surface area is 185 Å². The number of likely N-dealkylation sites (tertiary alicyclic amines) is 2. The molecule has 1 atom stereocenters. The van der Waals surface area contributed by atoms with Gasteiger partial charge < -0.3 is 4.90 Å². The summed E-state index contributed by atoms with van der Waals surface area (Å²) in [7, 11) is 0. The molecule has 3 aromatic rings. The number of hydrogen-bond donors (Lipinski definition) is 0. The van der Waals surface area contributed by atoms with E-state index in [4.69, 9.17) is 4.98 Å². The zero-order valence-corrected chi connectivity index (χ0v) is 19.0. The van der Waals surface area contributed by atoms with Crippen molar-refractivity contribution in [2.45, 2.75) is 64.0 Å². The second kappa shape index (κ2) is 9.16. The van der Waals surface area contributed by atoms with Crippen molar-refractivity contribution < 1.29 is 4.79 Å². The SMILES string of the molecule is O=C(c1nc2sccn2c1CN1CCCC[C@H]1c1nccs1)N1CCCCCCC1. The Kier molecular flexibility index (Phi) is 6.15. The highest BCUT2D eigenvalue weighted by molar-refractivity contribution is 7.15. The first-order valence-corrected chi connectivity index (χ1v) is 12.9. The lowest BCUT2D eigenvalue weighted by molar-refractivity contribution is 0.0732. The molecule has 2 aliphatic rings. The van der Waals surface area contributed by atoms with Crippen molar-refractivity contribution in [2.24, 2.45) is 0 Å². The number of rotatable bonds is 4. The lowest BCUT2D eigenvalue weighted by Crippen LogP contribution is -2.36. The number of thiazole rings is 2. The first-order valence-electron chi connectivity index (χ1n) is 11.2. The van der Waals surface area contributed by atoms with Gasteiger partial charge in [-0.25, -0.2) is 9.97 Å². The fraction of sp³-hybridized carbons (Fsp3) is 0.591. The van der Waals surface area contributed by atoms with Gasteiger partial charge in [0.15, 0.2) is 10.7 Å². The minimum atomic E-state index is 0.116. The number of aromatic nitrogens is 3. The van der Waals surface area contributed by atoms with Crippen molar-refractivity contribution in [1.29, 1.82) is 0 Å². The van der Waals surface area contributed by atoms with E-state index < -0.39 is 0 Å². The summed E-state index contributed by atoms with van der Waals surface area (Å²) in [6.45, 7) is 3.50. The van der Waals surface area contributed by atoms with E-state index in [1.807, 2.05) is 11.1 Å². The van der Waals surface area contributed by atoms with Gasteiger partial charge in [-0.3, -0.25) is 14.1 Å². The Balaban J connectivity index is 1.44. The van der Waals surface area contributed by atoms with E-state index >= 15 is 0 Å². The van der Waals surface area contributed by atoms with Gasteiger partial charge in [0.1, 0.15) is 5.01 Å². The molecule has 0 bridgehead atoms. The molecule has 5 rings (SSSR count). The fourth-order valence-corrected chi connectivity index (χ4v) is 6.35. The molecule has 1 amide bonds. The second-order valence-corrected chi connectivity index (χ2v) is 10.2. The predicted octanol–water partition coefficient (Wildman–Crippen LogP) is 4.99. The third-order valence-corrected chi connectivity index (χ3v) is 8.04. The second-order valence-electron chi connectivity index (χ2n) is 8.38. The van der Waals surface area contributed by atoms with Gasteiger partial charge in [-0.05, 0) is 32.2 Å². The predicted molar refractivity (Wildman–Crippen MR) is 121 cm³/mol. The summed E-state index contributed by atoms with van der Waals surface area (Å²) in [4.78, 5) is 28.4. The van der Waals surface area contributed by atoms with Gasteiger partial charge in [0, 0.05) is 42.8 Å². The minimum Gasteiger partial charge on any atom is -0.337 e. The molecule has 5 heterocycles. The minimum absolute atomic E-state index is 0.116. The zero-order chi connectivity index (χ0) is 20.3. The molecule has 2 fully saturated rings. The van der Waals surface area contributed by atoms with Crippen molar-refractivity contribution in [3.8, 4) is 0 Å². The standard InChI is InChI=1S/C22H29N5OS2/c28-21(25-10-5-2-1-3-6-11-25)19-18(27-13-15-30-22(27)24-19)16-26-12-7-4-8-17(26)20-23-9-14-29-20/h9,13-15,17H,1-8,10-12,16H2/t17-/m0/s1. The van der Waals surface area contributed by atoms with Crippen LogP contribution < -0.4 is 0 Å². The van der Waals surface area contributed by atoms with E-state index in [1.165, 1.54) is 37.1 Å². The summed E-state index contributed by atoms with van der Waals surface area (Å²) in [6, 6.07) is 0.340. The highest BCUT2D eigenvalue weighted by Gasteiger charge is 2.30. The quantitative estimate of drug-likeness (QED) is 0.570. The monoisotopic (exact) mass is 443 g/mol. The number of carbonyl (C=O) groups is 1. The van der Waals surface area contributed by atoms with Crippen LogP contribution in [0.2, 0.25) is 0 Å². The largest absolute Gasteiger partial charge is 0.337 e. The Hall–Kier alpha value is -1.77. The van der Waals surface area contributed by atoms with Crippen LogP contribution in [-0.4, -0.2) is 49.7 Å². The lowest BCUT2D eigenvalue weighted by Gasteiger charge is -2.34. The highest BCUT2D eigenvalue weighted by atomic mass is 32.1. The normalized spacial score (nSPS) is 21.6. The summed E-state index contributed by atoms with van der Waals surface area (Å²) in [5, 5.41) is 5.32. The Bertz CT molecular complexity index is 971. The summed E-state index contributed by atoms with van der Waals surface area (Å²) >= 11 is 3.35. The number of amides is 1. The molecule has 0 N–H and O–H groups in total. The van der Waals surface area contributed by atoms with Crippen LogP contribution in [0, 0.1) is 0 Å². The summed E-state index contributed by atoms with van der Waals surface area (Å²) < 4.78 is 2.13. The van der Waals surface area contributed by atoms with Gasteiger partial charge in [-0.2, -0.15) is 0 Å². The third-order valence-electron chi connectivity index (χ3n) is 6.41.